The smallest absolute Gasteiger partial charge is 0.303 e. The van der Waals surface area contributed by atoms with Crippen LogP contribution in [0.3, 0.4) is 0 Å². The summed E-state index contributed by atoms with van der Waals surface area (Å²) in [6.07, 6.45) is -3.03. The lowest BCUT2D eigenvalue weighted by molar-refractivity contribution is -0.239. The molecular formula is C25H30N4O8S. The molecular weight excluding hydrogens is 516 g/mol. The van der Waals surface area contributed by atoms with Crippen molar-refractivity contribution < 1.29 is 38.1 Å². The van der Waals surface area contributed by atoms with Crippen molar-refractivity contribution in [2.75, 3.05) is 6.61 Å². The van der Waals surface area contributed by atoms with E-state index in [1.165, 1.54) is 32.4 Å². The van der Waals surface area contributed by atoms with Crippen molar-refractivity contribution in [3.8, 4) is 11.4 Å². The van der Waals surface area contributed by atoms with Crippen LogP contribution in [0.5, 0.6) is 0 Å². The average molecular weight is 547 g/mol. The Hall–Kier alpha value is -3.84. The summed E-state index contributed by atoms with van der Waals surface area (Å²) < 4.78 is 25.8. The molecule has 0 aliphatic carbocycles. The van der Waals surface area contributed by atoms with Crippen molar-refractivity contribution in [3.63, 3.8) is 0 Å². The Morgan fingerprint density at radius 3 is 2.24 bits per heavy atom. The Labute approximate surface area is 224 Å². The van der Waals surface area contributed by atoms with Crippen molar-refractivity contribution in [1.82, 2.24) is 19.7 Å². The maximum absolute atomic E-state index is 12.3. The monoisotopic (exact) mass is 546 g/mol. The van der Waals surface area contributed by atoms with E-state index < -0.39 is 54.4 Å². The molecule has 1 aliphatic rings. The van der Waals surface area contributed by atoms with Crippen molar-refractivity contribution >= 4 is 36.0 Å². The zero-order valence-corrected chi connectivity index (χ0v) is 22.3. The molecule has 2 aromatic rings. The Morgan fingerprint density at radius 2 is 1.68 bits per heavy atom. The van der Waals surface area contributed by atoms with Gasteiger partial charge in [-0.3, -0.25) is 23.7 Å². The minimum Gasteiger partial charge on any atom is -0.463 e. The number of aromatic nitrogens is 3. The summed E-state index contributed by atoms with van der Waals surface area (Å²) in [5.74, 6) is -1.95. The molecule has 0 radical (unpaired) electrons. The predicted octanol–water partition coefficient (Wildman–Crippen LogP) is 2.10. The highest BCUT2D eigenvalue weighted by atomic mass is 32.1. The Kier molecular flexibility index (Phi) is 9.53. The average Bonchev–Trinajstić information content (AvgIpc) is 3.16. The molecule has 38 heavy (non-hydrogen) atoms. The quantitative estimate of drug-likeness (QED) is 0.215. The fraction of sp³-hybridized carbons (Fsp3) is 0.440. The van der Waals surface area contributed by atoms with Crippen molar-refractivity contribution in [2.45, 2.75) is 64.8 Å². The van der Waals surface area contributed by atoms with Gasteiger partial charge in [0, 0.05) is 39.8 Å². The van der Waals surface area contributed by atoms with Crippen LogP contribution in [0.1, 0.15) is 33.9 Å². The highest BCUT2D eigenvalue weighted by molar-refractivity contribution is 7.71. The lowest BCUT2D eigenvalue weighted by Crippen LogP contribution is -2.64. The molecule has 0 spiro atoms. The minimum atomic E-state index is -1.23. The second kappa shape index (κ2) is 12.6. The first-order valence-electron chi connectivity index (χ1n) is 11.8. The highest BCUT2D eigenvalue weighted by Gasteiger charge is 2.52. The van der Waals surface area contributed by atoms with Gasteiger partial charge in [0.1, 0.15) is 18.8 Å². The number of nitrogens with one attached hydrogen (secondary N) is 1. The number of hydrogen-bond donors (Lipinski definition) is 1. The van der Waals surface area contributed by atoms with Crippen LogP contribution in [0.25, 0.3) is 11.4 Å². The molecule has 0 unspecified atom stereocenters. The third kappa shape index (κ3) is 6.72. The van der Waals surface area contributed by atoms with Gasteiger partial charge in [0.2, 0.25) is 10.7 Å². The van der Waals surface area contributed by atoms with E-state index in [9.17, 15) is 19.2 Å². The number of carbonyl (C=O) groups excluding carboxylic acids is 4. The maximum atomic E-state index is 12.3. The van der Waals surface area contributed by atoms with Crippen molar-refractivity contribution in [3.05, 3.63) is 47.8 Å². The second-order valence-corrected chi connectivity index (χ2v) is 8.92. The molecule has 2 heterocycles. The van der Waals surface area contributed by atoms with E-state index in [1.54, 1.807) is 10.6 Å². The maximum Gasteiger partial charge on any atom is 0.303 e. The first kappa shape index (κ1) is 28.7. The molecule has 12 nitrogen and oxygen atoms in total. The SMILES string of the molecule is C=CCn1c(-c2ccccc2)nn([C@@H]2O[C@H](COC(C)=O)[C@H](OC(C)=O)[C@@H](OC(C)=O)[C@@H]2NC(C)=O)c1=S. The van der Waals surface area contributed by atoms with Crippen LogP contribution in [-0.4, -0.2) is 69.1 Å². The lowest BCUT2D eigenvalue weighted by Gasteiger charge is -2.45. The van der Waals surface area contributed by atoms with Gasteiger partial charge in [-0.1, -0.05) is 36.4 Å². The van der Waals surface area contributed by atoms with Crippen LogP contribution in [0.4, 0.5) is 0 Å². The van der Waals surface area contributed by atoms with Gasteiger partial charge in [0.05, 0.1) is 0 Å². The molecule has 5 atom stereocenters. The third-order valence-corrected chi connectivity index (χ3v) is 5.97. The number of carbonyl (C=O) groups is 4. The second-order valence-electron chi connectivity index (χ2n) is 8.56. The summed E-state index contributed by atoms with van der Waals surface area (Å²) in [7, 11) is 0. The summed E-state index contributed by atoms with van der Waals surface area (Å²) in [6.45, 7) is 8.63. The molecule has 0 bridgehead atoms. The van der Waals surface area contributed by atoms with E-state index in [0.29, 0.717) is 12.4 Å². The lowest BCUT2D eigenvalue weighted by atomic mass is 9.95. The number of nitrogens with zero attached hydrogens (tertiary/aromatic N) is 3. The molecule has 13 heteroatoms. The van der Waals surface area contributed by atoms with Crippen molar-refractivity contribution in [2.24, 2.45) is 0 Å². The number of ether oxygens (including phenoxy) is 4. The van der Waals surface area contributed by atoms with Crippen LogP contribution < -0.4 is 5.32 Å². The molecule has 1 aliphatic heterocycles. The van der Waals surface area contributed by atoms with Gasteiger partial charge in [-0.2, -0.15) is 0 Å². The first-order valence-corrected chi connectivity index (χ1v) is 12.2. The van der Waals surface area contributed by atoms with E-state index in [1.807, 2.05) is 30.3 Å². The highest BCUT2D eigenvalue weighted by Crippen LogP contribution is 2.34. The first-order chi connectivity index (χ1) is 18.0. The van der Waals surface area contributed by atoms with Crippen LogP contribution in [0.2, 0.25) is 0 Å². The Morgan fingerprint density at radius 1 is 1.05 bits per heavy atom. The summed E-state index contributed by atoms with van der Waals surface area (Å²) in [5.41, 5.74) is 0.761. The molecule has 1 N–H and O–H groups in total. The number of amides is 1. The zero-order valence-electron chi connectivity index (χ0n) is 21.5. The number of esters is 3. The van der Waals surface area contributed by atoms with Gasteiger partial charge in [-0.25, -0.2) is 4.68 Å². The molecule has 204 valence electrons. The third-order valence-electron chi connectivity index (χ3n) is 5.56. The molecule has 1 saturated heterocycles. The molecule has 0 saturated carbocycles. The summed E-state index contributed by atoms with van der Waals surface area (Å²) in [5, 5.41) is 7.43. The van der Waals surface area contributed by atoms with Crippen LogP contribution in [0.15, 0.2) is 43.0 Å². The molecule has 1 aromatic heterocycles. The molecule has 3 rings (SSSR count). The summed E-state index contributed by atoms with van der Waals surface area (Å²) >= 11 is 5.74. The van der Waals surface area contributed by atoms with Crippen LogP contribution in [0, 0.1) is 4.77 Å². The van der Waals surface area contributed by atoms with E-state index in [-0.39, 0.29) is 11.4 Å². The molecule has 1 amide bonds. The summed E-state index contributed by atoms with van der Waals surface area (Å²) in [6, 6.07) is 8.19. The molecule has 1 aromatic carbocycles. The number of hydrogen-bond acceptors (Lipinski definition) is 10. The van der Waals surface area contributed by atoms with Gasteiger partial charge in [0.25, 0.3) is 0 Å². The van der Waals surface area contributed by atoms with E-state index >= 15 is 0 Å². The number of rotatable bonds is 9. The van der Waals surface area contributed by atoms with E-state index in [4.69, 9.17) is 36.3 Å². The Balaban J connectivity index is 2.20. The largest absolute Gasteiger partial charge is 0.463 e. The van der Waals surface area contributed by atoms with Crippen molar-refractivity contribution in [1.29, 1.82) is 0 Å². The van der Waals surface area contributed by atoms with E-state index in [2.05, 4.69) is 11.9 Å². The van der Waals surface area contributed by atoms with Gasteiger partial charge in [-0.05, 0) is 12.2 Å². The van der Waals surface area contributed by atoms with Crippen LogP contribution in [-0.2, 0) is 44.7 Å². The Bertz CT molecular complexity index is 1260. The van der Waals surface area contributed by atoms with Gasteiger partial charge in [-0.15, -0.1) is 11.7 Å². The predicted molar refractivity (Wildman–Crippen MR) is 136 cm³/mol. The molecule has 1 fully saturated rings. The fourth-order valence-electron chi connectivity index (χ4n) is 4.19. The summed E-state index contributed by atoms with van der Waals surface area (Å²) in [4.78, 5) is 48.0. The fourth-order valence-corrected chi connectivity index (χ4v) is 4.50. The van der Waals surface area contributed by atoms with Gasteiger partial charge < -0.3 is 24.3 Å². The topological polar surface area (TPSA) is 140 Å². The van der Waals surface area contributed by atoms with E-state index in [0.717, 1.165) is 5.56 Å². The van der Waals surface area contributed by atoms with Crippen LogP contribution >= 0.6 is 12.2 Å². The number of benzene rings is 1. The number of allylic oxidation sites excluding steroid dienone is 1. The standard InChI is InChI=1S/C25H30N4O8S/c1-6-12-28-23(18-10-8-7-9-11-18)27-29(25(28)38)24-20(26-14(2)30)22(36-17(5)33)21(35-16(4)32)19(37-24)13-34-15(3)31/h6-11,19-22,24H,1,12-13H2,2-5H3,(H,26,30)/t19-,20+,21+,22+,24-/m1/s1. The van der Waals surface area contributed by atoms with Gasteiger partial charge >= 0.3 is 17.9 Å². The van der Waals surface area contributed by atoms with Gasteiger partial charge in [0.15, 0.2) is 24.3 Å². The minimum absolute atomic E-state index is 0.225. The normalized spacial score (nSPS) is 22.7. The zero-order chi connectivity index (χ0) is 28.0.